The minimum atomic E-state index is -0.656. The zero-order chi connectivity index (χ0) is 28.0. The van der Waals surface area contributed by atoms with Crippen LogP contribution in [0.2, 0.25) is 0 Å². The molecule has 0 saturated heterocycles. The van der Waals surface area contributed by atoms with Crippen molar-refractivity contribution in [1.29, 1.82) is 0 Å². The summed E-state index contributed by atoms with van der Waals surface area (Å²) < 4.78 is 2.31. The first-order valence-corrected chi connectivity index (χ1v) is 15.7. The average Bonchev–Trinajstić information content (AvgIpc) is 3.58. The van der Waals surface area contributed by atoms with Crippen molar-refractivity contribution >= 4 is 27.2 Å². The summed E-state index contributed by atoms with van der Waals surface area (Å²) in [6.45, 7) is 8.73. The molecule has 0 aliphatic carbocycles. The Hall–Kier alpha value is -4.15. The molecule has 2 nitrogen and oxygen atoms in total. The van der Waals surface area contributed by atoms with Gasteiger partial charge in [0.25, 0.3) is 0 Å². The highest BCUT2D eigenvalue weighted by Gasteiger charge is 2.35. The van der Waals surface area contributed by atoms with E-state index in [1.807, 2.05) is 30.6 Å². The summed E-state index contributed by atoms with van der Waals surface area (Å²) in [5.41, 5.74) is 9.38. The van der Waals surface area contributed by atoms with Gasteiger partial charge >= 0.3 is 0 Å². The predicted octanol–water partition coefficient (Wildman–Crippen LogP) is 6.53. The number of nitrogens with zero attached hydrogens (tertiary/aromatic N) is 2. The maximum absolute atomic E-state index is 4.37. The quantitative estimate of drug-likeness (QED) is 0.185. The summed E-state index contributed by atoms with van der Waals surface area (Å²) in [4.78, 5) is 4.37. The van der Waals surface area contributed by atoms with Gasteiger partial charge in [0.1, 0.15) is 0 Å². The third kappa shape index (κ3) is 6.88. The fourth-order valence-electron chi connectivity index (χ4n) is 5.33. The van der Waals surface area contributed by atoms with E-state index in [4.69, 9.17) is 0 Å². The van der Waals surface area contributed by atoms with Crippen LogP contribution in [0.4, 0.5) is 0 Å². The van der Waals surface area contributed by atoms with Crippen molar-refractivity contribution in [3.8, 4) is 0 Å². The molecule has 40 heavy (non-hydrogen) atoms. The van der Waals surface area contributed by atoms with Crippen LogP contribution in [0.25, 0.3) is 0 Å². The molecule has 0 N–H and O–H groups in total. The van der Waals surface area contributed by atoms with Crippen molar-refractivity contribution in [2.24, 2.45) is 0 Å². The van der Waals surface area contributed by atoms with Gasteiger partial charge in [0.2, 0.25) is 6.71 Å². The van der Waals surface area contributed by atoms with Crippen LogP contribution < -0.4 is 10.9 Å². The molecule has 1 heterocycles. The zero-order valence-electron chi connectivity index (χ0n) is 23.7. The lowest BCUT2D eigenvalue weighted by Crippen LogP contribution is -2.41. The maximum Gasteiger partial charge on any atom is 0.233 e. The molecular weight excluding hydrogens is 499 g/mol. The molecule has 0 saturated carbocycles. The second-order valence-electron chi connectivity index (χ2n) is 9.87. The Morgan fingerprint density at radius 1 is 0.750 bits per heavy atom. The number of allylic oxidation sites excluding steroid dienone is 1. The van der Waals surface area contributed by atoms with Crippen molar-refractivity contribution < 1.29 is 0 Å². The third-order valence-corrected chi connectivity index (χ3v) is 10.1. The molecule has 5 rings (SSSR count). The van der Waals surface area contributed by atoms with E-state index in [0.29, 0.717) is 6.71 Å². The topological polar surface area (TPSA) is 17.8 Å². The van der Waals surface area contributed by atoms with Gasteiger partial charge in [0.05, 0.1) is 21.0 Å². The monoisotopic (exact) mass is 538 g/mol. The normalized spacial score (nSPS) is 10.9. The Balaban J connectivity index is 0.000000210. The molecule has 0 radical (unpaired) electrons. The van der Waals surface area contributed by atoms with Crippen LogP contribution in [0.1, 0.15) is 37.8 Å². The number of hydrogen-bond acceptors (Lipinski definition) is 1. The highest BCUT2D eigenvalue weighted by Crippen LogP contribution is 2.34. The van der Waals surface area contributed by atoms with Crippen molar-refractivity contribution in [2.75, 3.05) is 0 Å². The molecule has 4 aromatic carbocycles. The molecule has 0 atom stereocenters. The van der Waals surface area contributed by atoms with Gasteiger partial charge in [-0.1, -0.05) is 157 Å². The van der Waals surface area contributed by atoms with Gasteiger partial charge in [-0.15, -0.1) is 12.6 Å². The van der Waals surface area contributed by atoms with E-state index in [-0.39, 0.29) is 5.16 Å². The number of aromatic nitrogens is 2. The predicted molar refractivity (Wildman–Crippen MR) is 177 cm³/mol. The standard InChI is InChI=1S/C22H26N2Si.C14H13B/c1-3-19(4-2)17-25-22(24-16-15-23-18-24,20-11-7-5-8-12-20)21-13-9-6-10-14-21;1-2-15(13-9-5-3-6-10-13)14-11-7-4-8-12-14/h5-18H,3-4,25H2,1-2H3;2-12H,1H2. The highest BCUT2D eigenvalue weighted by molar-refractivity contribution is 6.89. The van der Waals surface area contributed by atoms with Crippen LogP contribution in [0.5, 0.6) is 0 Å². The lowest BCUT2D eigenvalue weighted by Gasteiger charge is -2.36. The molecular formula is C36H39BN2Si. The molecule has 0 aliphatic heterocycles. The minimum Gasteiger partial charge on any atom is -0.326 e. The van der Waals surface area contributed by atoms with Crippen LogP contribution in [0.3, 0.4) is 0 Å². The lowest BCUT2D eigenvalue weighted by atomic mass is 9.41. The summed E-state index contributed by atoms with van der Waals surface area (Å²) in [7, 11) is -0.656. The molecule has 0 unspecified atom stereocenters. The minimum absolute atomic E-state index is 0.144. The Morgan fingerprint density at radius 2 is 1.20 bits per heavy atom. The van der Waals surface area contributed by atoms with Crippen molar-refractivity contribution in [3.05, 3.63) is 175 Å². The van der Waals surface area contributed by atoms with Gasteiger partial charge < -0.3 is 4.57 Å². The summed E-state index contributed by atoms with van der Waals surface area (Å²) >= 11 is 0. The van der Waals surface area contributed by atoms with Crippen LogP contribution in [0.15, 0.2) is 164 Å². The van der Waals surface area contributed by atoms with Crippen LogP contribution in [0, 0.1) is 0 Å². The van der Waals surface area contributed by atoms with Crippen LogP contribution >= 0.6 is 0 Å². The SMILES string of the molecule is C=CB(c1ccccc1)c1ccccc1.CCC(=C[SiH2]C(c1ccccc1)(c1ccccc1)n1ccnc1)CC. The van der Waals surface area contributed by atoms with E-state index < -0.39 is 9.52 Å². The van der Waals surface area contributed by atoms with E-state index in [1.54, 1.807) is 5.57 Å². The number of benzene rings is 4. The van der Waals surface area contributed by atoms with E-state index in [9.17, 15) is 0 Å². The molecule has 200 valence electrons. The summed E-state index contributed by atoms with van der Waals surface area (Å²) in [6.07, 6.45) is 8.23. The molecule has 0 fully saturated rings. The van der Waals surface area contributed by atoms with Gasteiger partial charge in [-0.25, -0.2) is 4.98 Å². The molecule has 0 aliphatic rings. The zero-order valence-corrected chi connectivity index (χ0v) is 25.1. The second kappa shape index (κ2) is 14.9. The Bertz CT molecular complexity index is 1350. The van der Waals surface area contributed by atoms with E-state index >= 15 is 0 Å². The van der Waals surface area contributed by atoms with Gasteiger partial charge in [-0.3, -0.25) is 0 Å². The average molecular weight is 539 g/mol. The summed E-state index contributed by atoms with van der Waals surface area (Å²) in [5, 5.41) is -0.144. The first-order chi connectivity index (χ1) is 19.7. The van der Waals surface area contributed by atoms with Crippen molar-refractivity contribution in [2.45, 2.75) is 31.9 Å². The van der Waals surface area contributed by atoms with Crippen LogP contribution in [-0.4, -0.2) is 25.8 Å². The first-order valence-electron chi connectivity index (χ1n) is 14.2. The Kier molecular flexibility index (Phi) is 10.7. The Labute approximate surface area is 243 Å². The lowest BCUT2D eigenvalue weighted by molar-refractivity contribution is 0.596. The molecule has 1 aromatic heterocycles. The number of hydrogen-bond donors (Lipinski definition) is 0. The maximum atomic E-state index is 4.37. The van der Waals surface area contributed by atoms with Crippen LogP contribution in [-0.2, 0) is 5.16 Å². The Morgan fingerprint density at radius 3 is 1.57 bits per heavy atom. The molecule has 5 aromatic rings. The fraction of sp³-hybridized carbons (Fsp3) is 0.139. The van der Waals surface area contributed by atoms with Crippen molar-refractivity contribution in [3.63, 3.8) is 0 Å². The fourth-order valence-corrected chi connectivity index (χ4v) is 7.84. The van der Waals surface area contributed by atoms with Gasteiger partial charge in [-0.2, -0.15) is 0 Å². The van der Waals surface area contributed by atoms with Crippen molar-refractivity contribution in [1.82, 2.24) is 9.55 Å². The first kappa shape index (κ1) is 28.8. The third-order valence-electron chi connectivity index (χ3n) is 7.60. The summed E-state index contributed by atoms with van der Waals surface area (Å²) in [5.74, 6) is 1.99. The van der Waals surface area contributed by atoms with Gasteiger partial charge in [0, 0.05) is 12.4 Å². The largest absolute Gasteiger partial charge is 0.326 e. The second-order valence-corrected chi connectivity index (χ2v) is 11.7. The molecule has 0 spiro atoms. The van der Waals surface area contributed by atoms with E-state index in [2.05, 4.69) is 151 Å². The van der Waals surface area contributed by atoms with Gasteiger partial charge in [0.15, 0.2) is 0 Å². The number of rotatable bonds is 10. The highest BCUT2D eigenvalue weighted by atomic mass is 28.2. The number of imidazole rings is 1. The summed E-state index contributed by atoms with van der Waals surface area (Å²) in [6, 6.07) is 42.7. The smallest absolute Gasteiger partial charge is 0.233 e. The van der Waals surface area contributed by atoms with E-state index in [1.165, 1.54) is 22.1 Å². The molecule has 0 amide bonds. The molecule has 0 bridgehead atoms. The molecule has 4 heteroatoms. The van der Waals surface area contributed by atoms with Gasteiger partial charge in [-0.05, 0) is 24.0 Å². The van der Waals surface area contributed by atoms with E-state index in [0.717, 1.165) is 12.8 Å².